The second-order valence-electron chi connectivity index (χ2n) is 5.73. The smallest absolute Gasteiger partial charge is 0.260 e. The van der Waals surface area contributed by atoms with Gasteiger partial charge in [-0.15, -0.1) is 0 Å². The van der Waals surface area contributed by atoms with Gasteiger partial charge in [0.2, 0.25) is 0 Å². The molecule has 0 saturated carbocycles. The third kappa shape index (κ3) is 3.60. The molecule has 3 aromatic rings. The number of fused-ring (bicyclic) bond motifs is 1. The quantitative estimate of drug-likeness (QED) is 0.710. The third-order valence-corrected chi connectivity index (χ3v) is 4.65. The lowest BCUT2D eigenvalue weighted by molar-refractivity contribution is 0.0985. The van der Waals surface area contributed by atoms with E-state index in [0.29, 0.717) is 29.3 Å². The summed E-state index contributed by atoms with van der Waals surface area (Å²) in [5, 5.41) is 0.589. The Balaban J connectivity index is 1.97. The maximum Gasteiger partial charge on any atom is 0.260 e. The molecule has 0 aliphatic carbocycles. The summed E-state index contributed by atoms with van der Waals surface area (Å²) < 4.78 is 14.2. The number of hydrogen-bond donors (Lipinski definition) is 0. The van der Waals surface area contributed by atoms with Gasteiger partial charge in [-0.05, 0) is 44.4 Å². The Hall–Kier alpha value is -2.31. The maximum absolute atomic E-state index is 13.4. The Morgan fingerprint density at radius 3 is 2.58 bits per heavy atom. The van der Waals surface area contributed by atoms with Crippen molar-refractivity contribution in [2.45, 2.75) is 0 Å². The van der Waals surface area contributed by atoms with Gasteiger partial charge in [-0.25, -0.2) is 9.37 Å². The molecular weight excluding hydrogens is 325 g/mol. The number of halogens is 1. The molecule has 3 rings (SSSR count). The molecule has 0 spiro atoms. The number of amides is 1. The second-order valence-corrected chi connectivity index (χ2v) is 6.74. The van der Waals surface area contributed by atoms with E-state index in [9.17, 15) is 9.18 Å². The minimum Gasteiger partial charge on any atom is -0.308 e. The van der Waals surface area contributed by atoms with E-state index in [-0.39, 0.29) is 11.7 Å². The molecular formula is C18H18FN3OS. The lowest BCUT2D eigenvalue weighted by atomic mass is 10.2. The highest BCUT2D eigenvalue weighted by Gasteiger charge is 2.21. The minimum atomic E-state index is -0.299. The average molecular weight is 343 g/mol. The van der Waals surface area contributed by atoms with Crippen LogP contribution in [-0.4, -0.2) is 43.0 Å². The predicted molar refractivity (Wildman–Crippen MR) is 96.3 cm³/mol. The molecule has 0 bridgehead atoms. The largest absolute Gasteiger partial charge is 0.308 e. The molecule has 6 heteroatoms. The van der Waals surface area contributed by atoms with Crippen molar-refractivity contribution in [2.75, 3.05) is 32.1 Å². The molecule has 0 radical (unpaired) electrons. The van der Waals surface area contributed by atoms with Gasteiger partial charge in [0.25, 0.3) is 5.91 Å². The minimum absolute atomic E-state index is 0.100. The van der Waals surface area contributed by atoms with Crippen LogP contribution in [-0.2, 0) is 0 Å². The number of carbonyl (C=O) groups excluding carboxylic acids is 1. The fourth-order valence-electron chi connectivity index (χ4n) is 2.32. The molecule has 0 aliphatic rings. The monoisotopic (exact) mass is 343 g/mol. The van der Waals surface area contributed by atoms with E-state index in [2.05, 4.69) is 4.98 Å². The molecule has 0 saturated heterocycles. The highest BCUT2D eigenvalue weighted by molar-refractivity contribution is 7.22. The predicted octanol–water partition coefficient (Wildman–Crippen LogP) is 3.64. The summed E-state index contributed by atoms with van der Waals surface area (Å²) in [6, 6.07) is 13.6. The number of anilines is 1. The lowest BCUT2D eigenvalue weighted by Crippen LogP contribution is -2.36. The zero-order chi connectivity index (χ0) is 17.1. The normalized spacial score (nSPS) is 11.2. The number of likely N-dealkylation sites (N-methyl/N-ethyl adjacent to an activating group) is 1. The van der Waals surface area contributed by atoms with Crippen molar-refractivity contribution in [1.82, 2.24) is 9.88 Å². The van der Waals surface area contributed by atoms with Gasteiger partial charge in [-0.1, -0.05) is 29.5 Å². The Morgan fingerprint density at radius 2 is 1.88 bits per heavy atom. The molecule has 0 aliphatic heterocycles. The SMILES string of the molecule is CN(C)CCN(C(=O)c1ccccc1)c1nc2ccc(F)cc2s1. The number of carbonyl (C=O) groups is 1. The molecule has 0 fully saturated rings. The van der Waals surface area contributed by atoms with Crippen LogP contribution in [0.1, 0.15) is 10.4 Å². The fraction of sp³-hybridized carbons (Fsp3) is 0.222. The zero-order valence-electron chi connectivity index (χ0n) is 13.6. The molecule has 1 amide bonds. The molecule has 24 heavy (non-hydrogen) atoms. The van der Waals surface area contributed by atoms with Gasteiger partial charge >= 0.3 is 0 Å². The van der Waals surface area contributed by atoms with E-state index in [1.54, 1.807) is 23.1 Å². The van der Waals surface area contributed by atoms with Crippen molar-refractivity contribution >= 4 is 32.6 Å². The standard InChI is InChI=1S/C18H18FN3OS/c1-21(2)10-11-22(17(23)13-6-4-3-5-7-13)18-20-15-9-8-14(19)12-16(15)24-18/h3-9,12H,10-11H2,1-2H3. The number of rotatable bonds is 5. The van der Waals surface area contributed by atoms with Gasteiger partial charge in [0.15, 0.2) is 5.13 Å². The van der Waals surface area contributed by atoms with Crippen molar-refractivity contribution < 1.29 is 9.18 Å². The van der Waals surface area contributed by atoms with Crippen molar-refractivity contribution in [3.63, 3.8) is 0 Å². The third-order valence-electron chi connectivity index (χ3n) is 3.61. The van der Waals surface area contributed by atoms with Crippen LogP contribution in [0.2, 0.25) is 0 Å². The van der Waals surface area contributed by atoms with Gasteiger partial charge in [-0.2, -0.15) is 0 Å². The summed E-state index contributed by atoms with van der Waals surface area (Å²) in [5.74, 6) is -0.399. The van der Waals surface area contributed by atoms with Gasteiger partial charge in [0, 0.05) is 18.7 Å². The molecule has 2 aromatic carbocycles. The molecule has 1 aromatic heterocycles. The Labute approximate surface area is 144 Å². The lowest BCUT2D eigenvalue weighted by Gasteiger charge is -2.22. The van der Waals surface area contributed by atoms with Crippen LogP contribution in [0.3, 0.4) is 0 Å². The number of aromatic nitrogens is 1. The Morgan fingerprint density at radius 1 is 1.12 bits per heavy atom. The first-order chi connectivity index (χ1) is 11.5. The zero-order valence-corrected chi connectivity index (χ0v) is 14.4. The van der Waals surface area contributed by atoms with Crippen molar-refractivity contribution in [3.05, 3.63) is 59.9 Å². The summed E-state index contributed by atoms with van der Waals surface area (Å²) >= 11 is 1.33. The highest BCUT2D eigenvalue weighted by atomic mass is 32.1. The highest BCUT2D eigenvalue weighted by Crippen LogP contribution is 2.30. The van der Waals surface area contributed by atoms with Crippen LogP contribution in [0.5, 0.6) is 0 Å². The molecule has 0 unspecified atom stereocenters. The summed E-state index contributed by atoms with van der Waals surface area (Å²) in [6.45, 7) is 1.23. The van der Waals surface area contributed by atoms with E-state index >= 15 is 0 Å². The van der Waals surface area contributed by atoms with Crippen molar-refractivity contribution in [2.24, 2.45) is 0 Å². The van der Waals surface area contributed by atoms with Crippen LogP contribution >= 0.6 is 11.3 Å². The summed E-state index contributed by atoms with van der Waals surface area (Å²) in [6.07, 6.45) is 0. The first-order valence-electron chi connectivity index (χ1n) is 7.62. The molecule has 4 nitrogen and oxygen atoms in total. The van der Waals surface area contributed by atoms with E-state index in [1.165, 1.54) is 23.5 Å². The summed E-state index contributed by atoms with van der Waals surface area (Å²) in [5.41, 5.74) is 1.31. The van der Waals surface area contributed by atoms with Crippen LogP contribution in [0.25, 0.3) is 10.2 Å². The first kappa shape index (κ1) is 16.5. The maximum atomic E-state index is 13.4. The molecule has 0 atom stereocenters. The number of thiazole rings is 1. The van der Waals surface area contributed by atoms with Crippen LogP contribution in [0.15, 0.2) is 48.5 Å². The van der Waals surface area contributed by atoms with Gasteiger partial charge in [-0.3, -0.25) is 9.69 Å². The number of nitrogens with zero attached hydrogens (tertiary/aromatic N) is 3. The fourth-order valence-corrected chi connectivity index (χ4v) is 3.34. The van der Waals surface area contributed by atoms with Crippen LogP contribution < -0.4 is 4.90 Å². The van der Waals surface area contributed by atoms with E-state index in [0.717, 1.165) is 4.70 Å². The second kappa shape index (κ2) is 7.07. The van der Waals surface area contributed by atoms with Crippen molar-refractivity contribution in [1.29, 1.82) is 0 Å². The molecule has 124 valence electrons. The van der Waals surface area contributed by atoms with E-state index < -0.39 is 0 Å². The van der Waals surface area contributed by atoms with Crippen LogP contribution in [0.4, 0.5) is 9.52 Å². The summed E-state index contributed by atoms with van der Waals surface area (Å²) in [7, 11) is 3.91. The summed E-state index contributed by atoms with van der Waals surface area (Å²) in [4.78, 5) is 21.1. The Bertz CT molecular complexity index is 848. The number of hydrogen-bond acceptors (Lipinski definition) is 4. The molecule has 0 N–H and O–H groups in total. The van der Waals surface area contributed by atoms with Gasteiger partial charge in [0.1, 0.15) is 5.82 Å². The average Bonchev–Trinajstić information content (AvgIpc) is 2.98. The van der Waals surface area contributed by atoms with Crippen molar-refractivity contribution in [3.8, 4) is 0 Å². The van der Waals surface area contributed by atoms with Crippen LogP contribution in [0, 0.1) is 5.82 Å². The first-order valence-corrected chi connectivity index (χ1v) is 8.44. The van der Waals surface area contributed by atoms with Gasteiger partial charge in [0.05, 0.1) is 10.2 Å². The van der Waals surface area contributed by atoms with E-state index in [1.807, 2.05) is 37.2 Å². The van der Waals surface area contributed by atoms with Gasteiger partial charge < -0.3 is 4.90 Å². The molecule has 1 heterocycles. The van der Waals surface area contributed by atoms with E-state index in [4.69, 9.17) is 0 Å². The Kier molecular flexibility index (Phi) is 4.87. The number of benzene rings is 2. The topological polar surface area (TPSA) is 36.4 Å².